The lowest BCUT2D eigenvalue weighted by molar-refractivity contribution is -0.154. The van der Waals surface area contributed by atoms with Crippen molar-refractivity contribution in [2.75, 3.05) is 0 Å². The highest BCUT2D eigenvalue weighted by Gasteiger charge is 2.64. The lowest BCUT2D eigenvalue weighted by atomic mass is 9.43. The largest absolute Gasteiger partial charge is 0.478 e. The van der Waals surface area contributed by atoms with Gasteiger partial charge in [0.1, 0.15) is 5.78 Å². The van der Waals surface area contributed by atoms with E-state index in [2.05, 4.69) is 27.7 Å². The topological polar surface area (TPSA) is 71.4 Å². The minimum absolute atomic E-state index is 0.00832. The van der Waals surface area contributed by atoms with E-state index >= 15 is 0 Å². The molecule has 0 aromatic carbocycles. The predicted octanol–water partition coefficient (Wildman–Crippen LogP) is 5.29. The van der Waals surface area contributed by atoms with Crippen LogP contribution in [0.1, 0.15) is 73.6 Å². The average molecular weight is 399 g/mol. The Hall–Kier alpha value is -1.97. The van der Waals surface area contributed by atoms with Crippen molar-refractivity contribution >= 4 is 17.5 Å². The van der Waals surface area contributed by atoms with Gasteiger partial charge in [-0.1, -0.05) is 45.9 Å². The van der Waals surface area contributed by atoms with Crippen molar-refractivity contribution in [3.05, 3.63) is 34.9 Å². The second-order valence-electron chi connectivity index (χ2n) is 10.4. The van der Waals surface area contributed by atoms with Crippen molar-refractivity contribution in [2.24, 2.45) is 28.1 Å². The number of carbonyl (C=O) groups is 3. The molecule has 0 bridgehead atoms. The Morgan fingerprint density at radius 1 is 1.07 bits per heavy atom. The van der Waals surface area contributed by atoms with E-state index in [4.69, 9.17) is 5.11 Å². The monoisotopic (exact) mass is 398 g/mol. The van der Waals surface area contributed by atoms with E-state index < -0.39 is 5.97 Å². The molecule has 0 saturated heterocycles. The van der Waals surface area contributed by atoms with Crippen LogP contribution in [-0.4, -0.2) is 22.6 Å². The molecular weight excluding hydrogens is 364 g/mol. The zero-order valence-electron chi connectivity index (χ0n) is 18.6. The molecule has 0 heterocycles. The van der Waals surface area contributed by atoms with Crippen molar-refractivity contribution in [3.8, 4) is 0 Å². The predicted molar refractivity (Wildman–Crippen MR) is 113 cm³/mol. The number of rotatable bonds is 3. The zero-order valence-corrected chi connectivity index (χ0v) is 18.6. The number of allylic oxidation sites excluding steroid dienone is 5. The maximum Gasteiger partial charge on any atom is 0.331 e. The van der Waals surface area contributed by atoms with Crippen LogP contribution < -0.4 is 0 Å². The highest BCUT2D eigenvalue weighted by Crippen LogP contribution is 2.68. The molecule has 4 heteroatoms. The summed E-state index contributed by atoms with van der Waals surface area (Å²) >= 11 is 0. The first-order valence-electron chi connectivity index (χ1n) is 10.7. The van der Waals surface area contributed by atoms with Crippen molar-refractivity contribution in [3.63, 3.8) is 0 Å². The molecular formula is C25H34O4. The Bertz CT molecular complexity index is 856. The average Bonchev–Trinajstić information content (AvgIpc) is 2.90. The van der Waals surface area contributed by atoms with Crippen LogP contribution in [-0.2, 0) is 14.4 Å². The quantitative estimate of drug-likeness (QED) is 0.518. The number of aliphatic carboxylic acids is 1. The van der Waals surface area contributed by atoms with Gasteiger partial charge in [-0.3, -0.25) is 9.59 Å². The van der Waals surface area contributed by atoms with E-state index in [0.29, 0.717) is 24.5 Å². The summed E-state index contributed by atoms with van der Waals surface area (Å²) in [6.45, 7) is 12.3. The molecule has 158 valence electrons. The van der Waals surface area contributed by atoms with Crippen molar-refractivity contribution in [1.82, 2.24) is 0 Å². The molecule has 0 aliphatic heterocycles. The summed E-state index contributed by atoms with van der Waals surface area (Å²) in [6, 6.07) is 0. The fourth-order valence-electron chi connectivity index (χ4n) is 6.88. The van der Waals surface area contributed by atoms with E-state index in [1.54, 1.807) is 19.1 Å². The Balaban J connectivity index is 1.99. The molecule has 3 saturated carbocycles. The number of carboxylic acids is 1. The normalized spacial score (nSPS) is 38.8. The maximum atomic E-state index is 13.2. The van der Waals surface area contributed by atoms with Gasteiger partial charge in [0.2, 0.25) is 0 Å². The van der Waals surface area contributed by atoms with Crippen LogP contribution in [0, 0.1) is 28.1 Å². The third-order valence-electron chi connectivity index (χ3n) is 8.46. The number of fused-ring (bicyclic) bond motifs is 3. The minimum Gasteiger partial charge on any atom is -0.478 e. The Morgan fingerprint density at radius 3 is 2.34 bits per heavy atom. The van der Waals surface area contributed by atoms with Crippen molar-refractivity contribution in [1.29, 1.82) is 0 Å². The molecule has 3 aliphatic rings. The lowest BCUT2D eigenvalue weighted by Crippen LogP contribution is -2.56. The van der Waals surface area contributed by atoms with Crippen LogP contribution in [0.2, 0.25) is 0 Å². The highest BCUT2D eigenvalue weighted by atomic mass is 16.4. The van der Waals surface area contributed by atoms with Crippen LogP contribution in [0.4, 0.5) is 0 Å². The standard InChI is InChI=1S/C25H34O4/c1-15(8-7-9-16(2)22(28)29)21-17(26)14-19-24(5)13-11-20(27)23(3,4)18(24)10-12-25(19,21)6/h7-9,18-19H,10-14H2,1-6H3,(H,28,29)/b8-7+,16-9+,21-15-/t18-,19-,24-,25-/m0/s1. The zero-order chi connectivity index (χ0) is 21.8. The molecule has 3 rings (SSSR count). The van der Waals surface area contributed by atoms with E-state index in [0.717, 1.165) is 30.4 Å². The fourth-order valence-corrected chi connectivity index (χ4v) is 6.88. The van der Waals surface area contributed by atoms with Gasteiger partial charge in [0, 0.05) is 34.8 Å². The summed E-state index contributed by atoms with van der Waals surface area (Å²) in [4.78, 5) is 36.8. The first kappa shape index (κ1) is 21.7. The Morgan fingerprint density at radius 2 is 1.72 bits per heavy atom. The second-order valence-corrected chi connectivity index (χ2v) is 10.4. The van der Waals surface area contributed by atoms with Crippen LogP contribution in [0.5, 0.6) is 0 Å². The number of hydrogen-bond acceptors (Lipinski definition) is 3. The molecule has 4 atom stereocenters. The van der Waals surface area contributed by atoms with Crippen molar-refractivity contribution in [2.45, 2.75) is 73.6 Å². The molecule has 0 unspecified atom stereocenters. The fraction of sp³-hybridized carbons (Fsp3) is 0.640. The molecule has 1 N–H and O–H groups in total. The summed E-state index contributed by atoms with van der Waals surface area (Å²) in [7, 11) is 0. The molecule has 0 aromatic heterocycles. The summed E-state index contributed by atoms with van der Waals surface area (Å²) in [5, 5.41) is 9.00. The first-order chi connectivity index (χ1) is 13.4. The second kappa shape index (κ2) is 7.07. The molecule has 0 spiro atoms. The number of Topliss-reactive ketones (excluding diaryl/α,β-unsaturated/α-hetero) is 2. The molecule has 0 radical (unpaired) electrons. The summed E-state index contributed by atoms with van der Waals surface area (Å²) in [5.74, 6) is 0.213. The first-order valence-corrected chi connectivity index (χ1v) is 10.7. The van der Waals surface area contributed by atoms with Gasteiger partial charge in [-0.2, -0.15) is 0 Å². The van der Waals surface area contributed by atoms with E-state index in [-0.39, 0.29) is 33.5 Å². The minimum atomic E-state index is -0.940. The van der Waals surface area contributed by atoms with Crippen LogP contribution >= 0.6 is 0 Å². The van der Waals surface area contributed by atoms with E-state index in [1.165, 1.54) is 0 Å². The SMILES string of the molecule is C\C(=C/C=C/C(C)=C1/C(=O)C[C@H]2[C@@]3(C)CCC(=O)C(C)(C)[C@@H]3CC[C@]12C)C(=O)O. The Kier molecular flexibility index (Phi) is 5.30. The number of hydrogen-bond donors (Lipinski definition) is 1. The molecule has 3 fully saturated rings. The third-order valence-corrected chi connectivity index (χ3v) is 8.46. The number of ketones is 2. The van der Waals surface area contributed by atoms with Gasteiger partial charge in [0.15, 0.2) is 5.78 Å². The van der Waals surface area contributed by atoms with Gasteiger partial charge in [-0.25, -0.2) is 4.79 Å². The van der Waals surface area contributed by atoms with E-state index in [1.807, 2.05) is 13.0 Å². The molecule has 29 heavy (non-hydrogen) atoms. The summed E-state index contributed by atoms with van der Waals surface area (Å²) < 4.78 is 0. The Labute approximate surface area is 174 Å². The third kappa shape index (κ3) is 3.25. The van der Waals surface area contributed by atoms with E-state index in [9.17, 15) is 14.4 Å². The van der Waals surface area contributed by atoms with Crippen molar-refractivity contribution < 1.29 is 19.5 Å². The van der Waals surface area contributed by atoms with Crippen LogP contribution in [0.25, 0.3) is 0 Å². The maximum absolute atomic E-state index is 13.2. The molecule has 4 nitrogen and oxygen atoms in total. The molecule has 3 aliphatic carbocycles. The van der Waals surface area contributed by atoms with Gasteiger partial charge in [-0.15, -0.1) is 0 Å². The van der Waals surface area contributed by atoms with Gasteiger partial charge in [-0.05, 0) is 55.9 Å². The molecule has 0 aromatic rings. The lowest BCUT2D eigenvalue weighted by Gasteiger charge is -2.60. The van der Waals surface area contributed by atoms with Crippen LogP contribution in [0.15, 0.2) is 34.9 Å². The van der Waals surface area contributed by atoms with Crippen LogP contribution in [0.3, 0.4) is 0 Å². The number of carbonyl (C=O) groups excluding carboxylic acids is 2. The number of carboxylic acid groups (broad SMARTS) is 1. The van der Waals surface area contributed by atoms with Gasteiger partial charge < -0.3 is 5.11 Å². The smallest absolute Gasteiger partial charge is 0.331 e. The van der Waals surface area contributed by atoms with Gasteiger partial charge >= 0.3 is 5.97 Å². The van der Waals surface area contributed by atoms with Gasteiger partial charge in [0.25, 0.3) is 0 Å². The van der Waals surface area contributed by atoms with Gasteiger partial charge in [0.05, 0.1) is 0 Å². The summed E-state index contributed by atoms with van der Waals surface area (Å²) in [5.41, 5.74) is 1.60. The highest BCUT2D eigenvalue weighted by molar-refractivity contribution is 6.01. The molecule has 0 amide bonds. The summed E-state index contributed by atoms with van der Waals surface area (Å²) in [6.07, 6.45) is 9.09.